The first-order valence-corrected chi connectivity index (χ1v) is 6.57. The first-order valence-electron chi connectivity index (χ1n) is 6.57. The minimum Gasteiger partial charge on any atom is -0.493 e. The fourth-order valence-electron chi connectivity index (χ4n) is 2.00. The summed E-state index contributed by atoms with van der Waals surface area (Å²) in [5.74, 6) is 0.0370. The van der Waals surface area contributed by atoms with Crippen molar-refractivity contribution in [2.45, 2.75) is 38.2 Å². The van der Waals surface area contributed by atoms with Crippen molar-refractivity contribution in [3.8, 4) is 5.75 Å². The van der Waals surface area contributed by atoms with E-state index < -0.39 is 0 Å². The van der Waals surface area contributed by atoms with Crippen LogP contribution in [0.15, 0.2) is 24.3 Å². The Morgan fingerprint density at radius 1 is 1.26 bits per heavy atom. The summed E-state index contributed by atoms with van der Waals surface area (Å²) in [5, 5.41) is 0. The van der Waals surface area contributed by atoms with Gasteiger partial charge in [0.1, 0.15) is 11.6 Å². The molecule has 1 N–H and O–H groups in total. The van der Waals surface area contributed by atoms with Gasteiger partial charge in [-0.25, -0.2) is 9.87 Å². The van der Waals surface area contributed by atoms with Gasteiger partial charge in [0.25, 0.3) is 0 Å². The Bertz CT molecular complexity index is 402. The normalized spacial score (nSPS) is 15.4. The first kappa shape index (κ1) is 13.8. The predicted molar refractivity (Wildman–Crippen MR) is 68.0 cm³/mol. The smallest absolute Gasteiger partial charge is 0.246 e. The van der Waals surface area contributed by atoms with Gasteiger partial charge in [-0.15, -0.1) is 0 Å². The number of carbonyl (C=O) groups is 1. The molecule has 1 saturated carbocycles. The van der Waals surface area contributed by atoms with Crippen molar-refractivity contribution in [3.63, 3.8) is 0 Å². The number of halogens is 1. The molecular weight excluding hydrogens is 249 g/mol. The van der Waals surface area contributed by atoms with Crippen LogP contribution < -0.4 is 10.2 Å². The first-order chi connectivity index (χ1) is 9.24. The van der Waals surface area contributed by atoms with E-state index in [-0.39, 0.29) is 30.9 Å². The zero-order valence-electron chi connectivity index (χ0n) is 10.7. The van der Waals surface area contributed by atoms with Crippen LogP contribution in [-0.4, -0.2) is 18.6 Å². The van der Waals surface area contributed by atoms with Gasteiger partial charge in [-0.2, -0.15) is 0 Å². The third-order valence-electron chi connectivity index (χ3n) is 3.05. The van der Waals surface area contributed by atoms with Gasteiger partial charge >= 0.3 is 0 Å². The van der Waals surface area contributed by atoms with E-state index in [0.717, 1.165) is 25.7 Å². The number of hydrogen-bond acceptors (Lipinski definition) is 3. The number of ether oxygens (including phenoxy) is 1. The summed E-state index contributed by atoms with van der Waals surface area (Å²) >= 11 is 0. The molecule has 19 heavy (non-hydrogen) atoms. The Kier molecular flexibility index (Phi) is 5.15. The highest BCUT2D eigenvalue weighted by molar-refractivity contribution is 5.74. The second-order valence-electron chi connectivity index (χ2n) is 4.60. The van der Waals surface area contributed by atoms with Gasteiger partial charge < -0.3 is 4.74 Å². The van der Waals surface area contributed by atoms with Crippen molar-refractivity contribution in [1.82, 2.24) is 5.48 Å². The minimum atomic E-state index is -0.310. The van der Waals surface area contributed by atoms with Gasteiger partial charge in [-0.1, -0.05) is 12.8 Å². The summed E-state index contributed by atoms with van der Waals surface area (Å²) in [7, 11) is 0. The van der Waals surface area contributed by atoms with Crippen LogP contribution >= 0.6 is 0 Å². The molecule has 0 aromatic heterocycles. The zero-order valence-corrected chi connectivity index (χ0v) is 10.7. The summed E-state index contributed by atoms with van der Waals surface area (Å²) in [6, 6.07) is 5.70. The van der Waals surface area contributed by atoms with E-state index in [0.29, 0.717) is 5.75 Å². The molecular formula is C14H18FNO3. The maximum absolute atomic E-state index is 12.6. The van der Waals surface area contributed by atoms with Crippen molar-refractivity contribution in [2.24, 2.45) is 0 Å². The molecule has 0 radical (unpaired) electrons. The Hall–Kier alpha value is -1.62. The number of nitrogens with one attached hydrogen (secondary N) is 1. The van der Waals surface area contributed by atoms with E-state index in [2.05, 4.69) is 5.48 Å². The maximum atomic E-state index is 12.6. The molecule has 0 saturated heterocycles. The average Bonchev–Trinajstić information content (AvgIpc) is 2.92. The molecule has 1 aromatic rings. The molecule has 1 aliphatic rings. The number of benzene rings is 1. The van der Waals surface area contributed by atoms with Gasteiger partial charge in [-0.3, -0.25) is 9.63 Å². The lowest BCUT2D eigenvalue weighted by atomic mass is 10.3. The van der Waals surface area contributed by atoms with Gasteiger partial charge in [0.2, 0.25) is 5.91 Å². The fourth-order valence-corrected chi connectivity index (χ4v) is 2.00. The van der Waals surface area contributed by atoms with Crippen LogP contribution in [0.4, 0.5) is 4.39 Å². The molecule has 5 heteroatoms. The van der Waals surface area contributed by atoms with E-state index in [4.69, 9.17) is 9.57 Å². The van der Waals surface area contributed by atoms with Crippen LogP contribution in [0.3, 0.4) is 0 Å². The van der Waals surface area contributed by atoms with Crippen LogP contribution in [-0.2, 0) is 9.63 Å². The number of hydroxylamine groups is 1. The number of amides is 1. The molecule has 1 fully saturated rings. The standard InChI is InChI=1S/C14H18FNO3/c15-11-5-7-12(8-6-11)18-10-9-14(17)16-19-13-3-1-2-4-13/h5-8,13H,1-4,9-10H2,(H,16,17). The van der Waals surface area contributed by atoms with Gasteiger partial charge in [0.15, 0.2) is 0 Å². The molecule has 1 aliphatic carbocycles. The summed E-state index contributed by atoms with van der Waals surface area (Å²) in [6.45, 7) is 0.242. The molecule has 0 bridgehead atoms. The van der Waals surface area contributed by atoms with Crippen LogP contribution in [0.2, 0.25) is 0 Å². The molecule has 1 aromatic carbocycles. The van der Waals surface area contributed by atoms with Gasteiger partial charge in [-0.05, 0) is 37.1 Å². The summed E-state index contributed by atoms with van der Waals surface area (Å²) in [5.41, 5.74) is 2.44. The molecule has 0 aliphatic heterocycles. The predicted octanol–water partition coefficient (Wildman–Crippen LogP) is 2.59. The highest BCUT2D eigenvalue weighted by atomic mass is 19.1. The molecule has 0 atom stereocenters. The van der Waals surface area contributed by atoms with E-state index in [1.807, 2.05) is 0 Å². The third kappa shape index (κ3) is 4.87. The maximum Gasteiger partial charge on any atom is 0.246 e. The van der Waals surface area contributed by atoms with Crippen molar-refractivity contribution in [3.05, 3.63) is 30.1 Å². The highest BCUT2D eigenvalue weighted by Crippen LogP contribution is 2.19. The van der Waals surface area contributed by atoms with Gasteiger partial charge in [0.05, 0.1) is 19.1 Å². The van der Waals surface area contributed by atoms with Crippen molar-refractivity contribution < 1.29 is 18.8 Å². The molecule has 4 nitrogen and oxygen atoms in total. The number of carbonyl (C=O) groups excluding carboxylic acids is 1. The van der Waals surface area contributed by atoms with Crippen LogP contribution in [0.1, 0.15) is 32.1 Å². The number of rotatable bonds is 6. The van der Waals surface area contributed by atoms with Gasteiger partial charge in [0, 0.05) is 0 Å². The molecule has 1 amide bonds. The van der Waals surface area contributed by atoms with Crippen molar-refractivity contribution in [2.75, 3.05) is 6.61 Å². The fraction of sp³-hybridized carbons (Fsp3) is 0.500. The second-order valence-corrected chi connectivity index (χ2v) is 4.60. The Balaban J connectivity index is 1.59. The monoisotopic (exact) mass is 267 g/mol. The number of hydrogen-bond donors (Lipinski definition) is 1. The van der Waals surface area contributed by atoms with Crippen LogP contribution in [0.5, 0.6) is 5.75 Å². The Labute approximate surface area is 111 Å². The molecule has 0 heterocycles. The van der Waals surface area contributed by atoms with Crippen LogP contribution in [0, 0.1) is 5.82 Å². The molecule has 0 unspecified atom stereocenters. The second kappa shape index (κ2) is 7.09. The third-order valence-corrected chi connectivity index (χ3v) is 3.05. The SMILES string of the molecule is O=C(CCOc1ccc(F)cc1)NOC1CCCC1. The lowest BCUT2D eigenvalue weighted by Crippen LogP contribution is -2.29. The highest BCUT2D eigenvalue weighted by Gasteiger charge is 2.16. The largest absolute Gasteiger partial charge is 0.493 e. The van der Waals surface area contributed by atoms with E-state index in [1.54, 1.807) is 0 Å². The average molecular weight is 267 g/mol. The van der Waals surface area contributed by atoms with Crippen molar-refractivity contribution in [1.29, 1.82) is 0 Å². The van der Waals surface area contributed by atoms with E-state index in [9.17, 15) is 9.18 Å². The summed E-state index contributed by atoms with van der Waals surface area (Å²) < 4.78 is 18.0. The molecule has 2 rings (SSSR count). The van der Waals surface area contributed by atoms with E-state index in [1.165, 1.54) is 24.3 Å². The Morgan fingerprint density at radius 3 is 2.63 bits per heavy atom. The lowest BCUT2D eigenvalue weighted by Gasteiger charge is -2.11. The topological polar surface area (TPSA) is 47.6 Å². The zero-order chi connectivity index (χ0) is 13.5. The lowest BCUT2D eigenvalue weighted by molar-refractivity contribution is -0.138. The molecule has 0 spiro atoms. The van der Waals surface area contributed by atoms with Crippen molar-refractivity contribution >= 4 is 5.91 Å². The summed E-state index contributed by atoms with van der Waals surface area (Å²) in [4.78, 5) is 16.7. The van der Waals surface area contributed by atoms with Crippen LogP contribution in [0.25, 0.3) is 0 Å². The molecule has 104 valence electrons. The quantitative estimate of drug-likeness (QED) is 0.806. The minimum absolute atomic E-state index is 0.155. The van der Waals surface area contributed by atoms with E-state index >= 15 is 0 Å². The summed E-state index contributed by atoms with van der Waals surface area (Å²) in [6.07, 6.45) is 4.70. The Morgan fingerprint density at radius 2 is 1.95 bits per heavy atom.